The number of urea groups is 1. The lowest BCUT2D eigenvalue weighted by molar-refractivity contribution is 0.252. The summed E-state index contributed by atoms with van der Waals surface area (Å²) in [6.45, 7) is 8.09. The molecule has 0 bridgehead atoms. The van der Waals surface area contributed by atoms with E-state index in [0.717, 1.165) is 30.9 Å². The Morgan fingerprint density at radius 3 is 2.79 bits per heavy atom. The predicted octanol–water partition coefficient (Wildman–Crippen LogP) is 3.06. The van der Waals surface area contributed by atoms with E-state index >= 15 is 0 Å². The molecule has 1 fully saturated rings. The number of benzene rings is 1. The van der Waals surface area contributed by atoms with Crippen molar-refractivity contribution in [1.82, 2.24) is 5.32 Å². The molecule has 0 saturated carbocycles. The van der Waals surface area contributed by atoms with Crippen LogP contribution in [0.3, 0.4) is 0 Å². The second-order valence-electron chi connectivity index (χ2n) is 5.34. The third kappa shape index (κ3) is 3.19. The largest absolute Gasteiger partial charge is 0.382 e. The lowest BCUT2D eigenvalue weighted by Crippen LogP contribution is -2.28. The van der Waals surface area contributed by atoms with Gasteiger partial charge in [0, 0.05) is 30.5 Å². The van der Waals surface area contributed by atoms with E-state index in [2.05, 4.69) is 43.5 Å². The van der Waals surface area contributed by atoms with Crippen LogP contribution in [0.2, 0.25) is 0 Å². The minimum Gasteiger partial charge on any atom is -0.382 e. The summed E-state index contributed by atoms with van der Waals surface area (Å²) < 4.78 is 0. The van der Waals surface area contributed by atoms with E-state index in [0.29, 0.717) is 12.0 Å². The highest BCUT2D eigenvalue weighted by Crippen LogP contribution is 2.23. The highest BCUT2D eigenvalue weighted by atomic mass is 16.2. The molecule has 19 heavy (non-hydrogen) atoms. The molecule has 1 aromatic carbocycles. The van der Waals surface area contributed by atoms with Crippen LogP contribution in [0.15, 0.2) is 24.3 Å². The summed E-state index contributed by atoms with van der Waals surface area (Å²) in [5, 5.41) is 6.37. The molecule has 1 aliphatic rings. The predicted molar refractivity (Wildman–Crippen MR) is 79.7 cm³/mol. The summed E-state index contributed by atoms with van der Waals surface area (Å²) in [7, 11) is 0. The molecule has 4 heteroatoms. The molecule has 1 atom stereocenters. The van der Waals surface area contributed by atoms with E-state index in [1.165, 1.54) is 0 Å². The quantitative estimate of drug-likeness (QED) is 0.855. The monoisotopic (exact) mass is 261 g/mol. The molecular weight excluding hydrogens is 238 g/mol. The van der Waals surface area contributed by atoms with Gasteiger partial charge in [0.25, 0.3) is 0 Å². The maximum absolute atomic E-state index is 11.7. The van der Waals surface area contributed by atoms with Gasteiger partial charge in [0.15, 0.2) is 0 Å². The van der Waals surface area contributed by atoms with E-state index in [4.69, 9.17) is 0 Å². The number of carbonyl (C=O) groups excluding carboxylic acids is 1. The SMILES string of the molecule is CCC(Nc1cccc(N2CCNC2=O)c1)C(C)C. The first-order chi connectivity index (χ1) is 9.11. The van der Waals surface area contributed by atoms with Gasteiger partial charge in [0.05, 0.1) is 0 Å². The Morgan fingerprint density at radius 2 is 2.21 bits per heavy atom. The van der Waals surface area contributed by atoms with Gasteiger partial charge < -0.3 is 10.6 Å². The zero-order chi connectivity index (χ0) is 13.8. The molecule has 1 heterocycles. The van der Waals surface area contributed by atoms with Crippen molar-refractivity contribution in [2.45, 2.75) is 33.2 Å². The second kappa shape index (κ2) is 5.95. The minimum absolute atomic E-state index is 0.00643. The van der Waals surface area contributed by atoms with Crippen LogP contribution >= 0.6 is 0 Å². The maximum Gasteiger partial charge on any atom is 0.321 e. The third-order valence-electron chi connectivity index (χ3n) is 3.61. The van der Waals surface area contributed by atoms with Gasteiger partial charge in [-0.2, -0.15) is 0 Å². The maximum atomic E-state index is 11.7. The average molecular weight is 261 g/mol. The molecule has 1 unspecified atom stereocenters. The number of nitrogens with zero attached hydrogens (tertiary/aromatic N) is 1. The summed E-state index contributed by atoms with van der Waals surface area (Å²) in [5.74, 6) is 0.587. The summed E-state index contributed by atoms with van der Waals surface area (Å²) in [4.78, 5) is 13.4. The van der Waals surface area contributed by atoms with Crippen LogP contribution in [-0.2, 0) is 0 Å². The lowest BCUT2D eigenvalue weighted by Gasteiger charge is -2.23. The van der Waals surface area contributed by atoms with Gasteiger partial charge in [-0.3, -0.25) is 4.90 Å². The highest BCUT2D eigenvalue weighted by molar-refractivity contribution is 5.94. The van der Waals surface area contributed by atoms with Gasteiger partial charge in [-0.25, -0.2) is 4.79 Å². The van der Waals surface area contributed by atoms with Gasteiger partial charge >= 0.3 is 6.03 Å². The fourth-order valence-corrected chi connectivity index (χ4v) is 2.44. The summed E-state index contributed by atoms with van der Waals surface area (Å²) in [6, 6.07) is 8.54. The Hall–Kier alpha value is -1.71. The van der Waals surface area contributed by atoms with Crippen LogP contribution in [0.25, 0.3) is 0 Å². The molecule has 2 amide bonds. The Labute approximate surface area is 115 Å². The first-order valence-corrected chi connectivity index (χ1v) is 7.03. The first-order valence-electron chi connectivity index (χ1n) is 7.03. The first kappa shape index (κ1) is 13.7. The van der Waals surface area contributed by atoms with Crippen LogP contribution in [0.4, 0.5) is 16.2 Å². The zero-order valence-corrected chi connectivity index (χ0v) is 11.9. The van der Waals surface area contributed by atoms with Crippen LogP contribution < -0.4 is 15.5 Å². The van der Waals surface area contributed by atoms with E-state index in [1.807, 2.05) is 12.1 Å². The Bertz CT molecular complexity index is 445. The molecule has 4 nitrogen and oxygen atoms in total. The molecule has 2 N–H and O–H groups in total. The van der Waals surface area contributed by atoms with E-state index < -0.39 is 0 Å². The van der Waals surface area contributed by atoms with Crippen molar-refractivity contribution in [3.8, 4) is 0 Å². The molecule has 1 saturated heterocycles. The average Bonchev–Trinajstić information content (AvgIpc) is 2.82. The van der Waals surface area contributed by atoms with Crippen molar-refractivity contribution >= 4 is 17.4 Å². The van der Waals surface area contributed by atoms with Crippen LogP contribution in [-0.4, -0.2) is 25.2 Å². The van der Waals surface area contributed by atoms with Gasteiger partial charge in [-0.1, -0.05) is 26.8 Å². The van der Waals surface area contributed by atoms with Crippen molar-refractivity contribution in [1.29, 1.82) is 0 Å². The van der Waals surface area contributed by atoms with Gasteiger partial charge in [-0.05, 0) is 30.5 Å². The van der Waals surface area contributed by atoms with Crippen molar-refractivity contribution in [2.24, 2.45) is 5.92 Å². The van der Waals surface area contributed by atoms with Gasteiger partial charge in [0.2, 0.25) is 0 Å². The van der Waals surface area contributed by atoms with Gasteiger partial charge in [-0.15, -0.1) is 0 Å². The minimum atomic E-state index is -0.00643. The molecule has 0 aliphatic carbocycles. The molecular formula is C15H23N3O. The van der Waals surface area contributed by atoms with Crippen LogP contribution in [0, 0.1) is 5.92 Å². The lowest BCUT2D eigenvalue weighted by atomic mass is 10.0. The number of anilines is 2. The Morgan fingerprint density at radius 1 is 1.42 bits per heavy atom. The van der Waals surface area contributed by atoms with E-state index in [-0.39, 0.29) is 6.03 Å². The summed E-state index contributed by atoms with van der Waals surface area (Å²) in [6.07, 6.45) is 1.09. The molecule has 0 spiro atoms. The van der Waals surface area contributed by atoms with Gasteiger partial charge in [0.1, 0.15) is 0 Å². The van der Waals surface area contributed by atoms with Crippen LogP contribution in [0.1, 0.15) is 27.2 Å². The number of rotatable bonds is 5. The zero-order valence-electron chi connectivity index (χ0n) is 11.9. The molecule has 2 rings (SSSR count). The van der Waals surface area contributed by atoms with Crippen LogP contribution in [0.5, 0.6) is 0 Å². The molecule has 0 radical (unpaired) electrons. The number of nitrogens with one attached hydrogen (secondary N) is 2. The molecule has 0 aromatic heterocycles. The highest BCUT2D eigenvalue weighted by Gasteiger charge is 2.21. The molecule has 104 valence electrons. The molecule has 1 aliphatic heterocycles. The van der Waals surface area contributed by atoms with E-state index in [1.54, 1.807) is 4.90 Å². The fourth-order valence-electron chi connectivity index (χ4n) is 2.44. The Kier molecular flexibility index (Phi) is 4.30. The van der Waals surface area contributed by atoms with E-state index in [9.17, 15) is 4.79 Å². The topological polar surface area (TPSA) is 44.4 Å². The normalized spacial score (nSPS) is 16.6. The second-order valence-corrected chi connectivity index (χ2v) is 5.34. The number of hydrogen-bond acceptors (Lipinski definition) is 2. The number of hydrogen-bond donors (Lipinski definition) is 2. The van der Waals surface area contributed by atoms with Crippen molar-refractivity contribution in [3.05, 3.63) is 24.3 Å². The Balaban J connectivity index is 2.12. The van der Waals surface area contributed by atoms with Crippen molar-refractivity contribution in [2.75, 3.05) is 23.3 Å². The van der Waals surface area contributed by atoms with Crippen molar-refractivity contribution in [3.63, 3.8) is 0 Å². The molecule has 1 aromatic rings. The standard InChI is InChI=1S/C15H23N3O/c1-4-14(11(2)3)17-12-6-5-7-13(10-12)18-9-8-16-15(18)19/h5-7,10-11,14,17H,4,8-9H2,1-3H3,(H,16,19). The summed E-state index contributed by atoms with van der Waals surface area (Å²) in [5.41, 5.74) is 2.04. The number of amides is 2. The third-order valence-corrected chi connectivity index (χ3v) is 3.61. The fraction of sp³-hybridized carbons (Fsp3) is 0.533. The summed E-state index contributed by atoms with van der Waals surface area (Å²) >= 11 is 0. The van der Waals surface area contributed by atoms with Crippen molar-refractivity contribution < 1.29 is 4.79 Å². The number of carbonyl (C=O) groups is 1. The smallest absolute Gasteiger partial charge is 0.321 e.